The number of quaternary nitrogens is 1. The summed E-state index contributed by atoms with van der Waals surface area (Å²) in [5.74, 6) is -2.31. The third kappa shape index (κ3) is 39.5. The van der Waals surface area contributed by atoms with Gasteiger partial charge in [0, 0.05) is 12.8 Å². The number of rotatable bonds is 40. The molecular formula is C46H83NO8. The van der Waals surface area contributed by atoms with Crippen LogP contribution in [0.5, 0.6) is 0 Å². The molecule has 0 aliphatic heterocycles. The molecule has 0 fully saturated rings. The SMILES string of the molecule is CCC/C=C\C/C=C\CCCCCCCC(=O)OC(COC(=O)CCCCCCCCC/C=C\CCCCCCCC)COC(OCC[N+](C)(C)C)C(=O)[O-]. The summed E-state index contributed by atoms with van der Waals surface area (Å²) in [6.45, 7) is 4.64. The number of carboxylic acid groups (broad SMARTS) is 1. The third-order valence-electron chi connectivity index (χ3n) is 9.34. The second kappa shape index (κ2) is 38.4. The van der Waals surface area contributed by atoms with Gasteiger partial charge in [0.2, 0.25) is 0 Å². The highest BCUT2D eigenvalue weighted by Gasteiger charge is 2.21. The summed E-state index contributed by atoms with van der Waals surface area (Å²) in [4.78, 5) is 36.9. The van der Waals surface area contributed by atoms with Gasteiger partial charge in [0.15, 0.2) is 12.4 Å². The number of ether oxygens (including phenoxy) is 4. The van der Waals surface area contributed by atoms with E-state index < -0.39 is 24.3 Å². The van der Waals surface area contributed by atoms with Gasteiger partial charge in [0.05, 0.1) is 40.3 Å². The van der Waals surface area contributed by atoms with Gasteiger partial charge >= 0.3 is 11.9 Å². The number of nitrogens with zero attached hydrogens (tertiary/aromatic N) is 1. The maximum atomic E-state index is 12.7. The molecule has 0 N–H and O–H groups in total. The molecule has 2 unspecified atom stereocenters. The van der Waals surface area contributed by atoms with Crippen molar-refractivity contribution in [2.45, 2.75) is 193 Å². The van der Waals surface area contributed by atoms with E-state index in [4.69, 9.17) is 18.9 Å². The molecule has 0 rings (SSSR count). The van der Waals surface area contributed by atoms with Crippen molar-refractivity contribution in [3.8, 4) is 0 Å². The monoisotopic (exact) mass is 778 g/mol. The van der Waals surface area contributed by atoms with E-state index >= 15 is 0 Å². The van der Waals surface area contributed by atoms with Crippen molar-refractivity contribution in [2.75, 3.05) is 47.5 Å². The lowest BCUT2D eigenvalue weighted by molar-refractivity contribution is -0.870. The predicted molar refractivity (Wildman–Crippen MR) is 223 cm³/mol. The number of hydrogen-bond donors (Lipinski definition) is 0. The highest BCUT2D eigenvalue weighted by molar-refractivity contribution is 5.70. The summed E-state index contributed by atoms with van der Waals surface area (Å²) >= 11 is 0. The van der Waals surface area contributed by atoms with Crippen molar-refractivity contribution in [1.29, 1.82) is 0 Å². The summed E-state index contributed by atoms with van der Waals surface area (Å²) in [6, 6.07) is 0. The summed E-state index contributed by atoms with van der Waals surface area (Å²) in [6.07, 6.45) is 38.8. The Morgan fingerprint density at radius 1 is 0.545 bits per heavy atom. The molecule has 0 amide bonds. The van der Waals surface area contributed by atoms with Gasteiger partial charge in [-0.15, -0.1) is 0 Å². The highest BCUT2D eigenvalue weighted by Crippen LogP contribution is 2.13. The lowest BCUT2D eigenvalue weighted by Gasteiger charge is -2.26. The van der Waals surface area contributed by atoms with Crippen LogP contribution < -0.4 is 5.11 Å². The average molecular weight is 778 g/mol. The van der Waals surface area contributed by atoms with Gasteiger partial charge in [-0.3, -0.25) is 9.59 Å². The Kier molecular flexibility index (Phi) is 36.6. The van der Waals surface area contributed by atoms with Crippen LogP contribution in [0.25, 0.3) is 0 Å². The first kappa shape index (κ1) is 52.5. The van der Waals surface area contributed by atoms with Crippen LogP contribution in [-0.2, 0) is 33.3 Å². The molecule has 55 heavy (non-hydrogen) atoms. The number of allylic oxidation sites excluding steroid dienone is 6. The Labute approximate surface area is 337 Å². The standard InChI is InChI=1S/C46H83NO8/c1-6-8-10-12-14-16-18-20-21-22-23-25-26-28-30-32-34-36-43(48)53-40-42(41-54-46(45(50)51)52-39-38-47(3,4)5)55-44(49)37-35-33-31-29-27-24-19-17-15-13-11-9-7-2/h11,13,17,19-21,42,46H,6-10,12,14-16,18,22-41H2,1-5H3/b13-11-,19-17-,21-20-. The minimum atomic E-state index is -1.62. The molecule has 0 aromatic carbocycles. The Morgan fingerprint density at radius 3 is 1.53 bits per heavy atom. The van der Waals surface area contributed by atoms with E-state index in [1.54, 1.807) is 0 Å². The molecule has 0 spiro atoms. The first-order valence-corrected chi connectivity index (χ1v) is 22.1. The maximum absolute atomic E-state index is 12.7. The van der Waals surface area contributed by atoms with Crippen LogP contribution in [0.3, 0.4) is 0 Å². The fourth-order valence-electron chi connectivity index (χ4n) is 5.86. The highest BCUT2D eigenvalue weighted by atomic mass is 16.7. The zero-order valence-electron chi connectivity index (χ0n) is 36.0. The molecule has 320 valence electrons. The lowest BCUT2D eigenvalue weighted by atomic mass is 10.1. The summed E-state index contributed by atoms with van der Waals surface area (Å²) in [5.41, 5.74) is 0. The van der Waals surface area contributed by atoms with Gasteiger partial charge in [-0.1, -0.05) is 140 Å². The van der Waals surface area contributed by atoms with Crippen LogP contribution in [0.1, 0.15) is 181 Å². The van der Waals surface area contributed by atoms with Crippen molar-refractivity contribution in [3.05, 3.63) is 36.5 Å². The number of unbranched alkanes of at least 4 members (excludes halogenated alkanes) is 19. The van der Waals surface area contributed by atoms with Gasteiger partial charge in [0.1, 0.15) is 13.2 Å². The van der Waals surface area contributed by atoms with Crippen molar-refractivity contribution in [1.82, 2.24) is 0 Å². The van der Waals surface area contributed by atoms with Crippen LogP contribution in [0.4, 0.5) is 0 Å². The molecule has 0 aromatic heterocycles. The molecule has 0 aliphatic rings. The van der Waals surface area contributed by atoms with Crippen molar-refractivity contribution >= 4 is 17.9 Å². The number of likely N-dealkylation sites (N-methyl/N-ethyl adjacent to an activating group) is 1. The van der Waals surface area contributed by atoms with E-state index in [-0.39, 0.29) is 38.6 Å². The zero-order valence-corrected chi connectivity index (χ0v) is 36.0. The quantitative estimate of drug-likeness (QED) is 0.0199. The normalized spacial score (nSPS) is 13.3. The summed E-state index contributed by atoms with van der Waals surface area (Å²) < 4.78 is 22.5. The Morgan fingerprint density at radius 2 is 1.02 bits per heavy atom. The number of carboxylic acids is 1. The van der Waals surface area contributed by atoms with Gasteiger partial charge in [-0.25, -0.2) is 0 Å². The summed E-state index contributed by atoms with van der Waals surface area (Å²) in [7, 11) is 5.90. The van der Waals surface area contributed by atoms with E-state index in [1.807, 2.05) is 21.1 Å². The second-order valence-electron chi connectivity index (χ2n) is 16.0. The molecule has 9 nitrogen and oxygen atoms in total. The maximum Gasteiger partial charge on any atom is 0.306 e. The fraction of sp³-hybridized carbons (Fsp3) is 0.804. The Balaban J connectivity index is 4.45. The first-order chi connectivity index (χ1) is 26.6. The van der Waals surface area contributed by atoms with Gasteiger partial charge in [-0.2, -0.15) is 0 Å². The molecule has 0 aliphatic carbocycles. The van der Waals surface area contributed by atoms with Crippen molar-refractivity contribution in [2.24, 2.45) is 0 Å². The molecule has 0 aromatic rings. The molecule has 0 saturated carbocycles. The van der Waals surface area contributed by atoms with Gasteiger partial charge < -0.3 is 33.3 Å². The van der Waals surface area contributed by atoms with Crippen LogP contribution in [0, 0.1) is 0 Å². The number of carbonyl (C=O) groups is 3. The van der Waals surface area contributed by atoms with Crippen LogP contribution in [0.2, 0.25) is 0 Å². The van der Waals surface area contributed by atoms with Crippen molar-refractivity contribution in [3.63, 3.8) is 0 Å². The Bertz CT molecular complexity index is 1000. The minimum Gasteiger partial charge on any atom is -0.545 e. The molecule has 9 heteroatoms. The topological polar surface area (TPSA) is 111 Å². The summed E-state index contributed by atoms with van der Waals surface area (Å²) in [5, 5.41) is 11.7. The molecule has 0 radical (unpaired) electrons. The van der Waals surface area contributed by atoms with E-state index in [2.05, 4.69) is 50.3 Å². The molecule has 0 heterocycles. The van der Waals surface area contributed by atoms with Gasteiger partial charge in [-0.05, 0) is 64.2 Å². The van der Waals surface area contributed by atoms with Gasteiger partial charge in [0.25, 0.3) is 0 Å². The molecule has 0 bridgehead atoms. The van der Waals surface area contributed by atoms with E-state index in [0.717, 1.165) is 77.0 Å². The van der Waals surface area contributed by atoms with Crippen LogP contribution in [-0.4, -0.2) is 82.3 Å². The largest absolute Gasteiger partial charge is 0.545 e. The number of carbonyl (C=O) groups excluding carboxylic acids is 3. The Hall–Kier alpha value is -2.49. The predicted octanol–water partition coefficient (Wildman–Crippen LogP) is 10.1. The third-order valence-corrected chi connectivity index (χ3v) is 9.34. The molecule has 0 saturated heterocycles. The average Bonchev–Trinajstić information content (AvgIpc) is 3.14. The number of esters is 2. The van der Waals surface area contributed by atoms with E-state index in [1.165, 1.54) is 70.6 Å². The minimum absolute atomic E-state index is 0.144. The van der Waals surface area contributed by atoms with E-state index in [9.17, 15) is 19.5 Å². The fourth-order valence-corrected chi connectivity index (χ4v) is 5.86. The van der Waals surface area contributed by atoms with Crippen LogP contribution in [0.15, 0.2) is 36.5 Å². The lowest BCUT2D eigenvalue weighted by Crippen LogP contribution is -2.44. The molecular weight excluding hydrogens is 695 g/mol. The van der Waals surface area contributed by atoms with E-state index in [0.29, 0.717) is 17.4 Å². The first-order valence-electron chi connectivity index (χ1n) is 22.1. The number of hydrogen-bond acceptors (Lipinski definition) is 8. The van der Waals surface area contributed by atoms with Crippen LogP contribution >= 0.6 is 0 Å². The number of aliphatic carboxylic acids is 1. The molecule has 2 atom stereocenters. The second-order valence-corrected chi connectivity index (χ2v) is 16.0. The van der Waals surface area contributed by atoms with Crippen molar-refractivity contribution < 1.29 is 42.9 Å². The zero-order chi connectivity index (χ0) is 40.7. The smallest absolute Gasteiger partial charge is 0.306 e.